The van der Waals surface area contributed by atoms with E-state index in [0.717, 1.165) is 38.8 Å². The molecule has 1 atom stereocenters. The van der Waals surface area contributed by atoms with Crippen molar-refractivity contribution in [1.82, 2.24) is 15.5 Å². The zero-order valence-electron chi connectivity index (χ0n) is 9.61. The van der Waals surface area contributed by atoms with Gasteiger partial charge in [-0.25, -0.2) is 0 Å². The maximum atomic E-state index is 11.9. The molecule has 0 radical (unpaired) electrons. The SMILES string of the molecule is O=C(Nc1nnc(C2CC2)o1)[C@@H]1CCCNC1. The summed E-state index contributed by atoms with van der Waals surface area (Å²) < 4.78 is 5.39. The van der Waals surface area contributed by atoms with E-state index in [1.807, 2.05) is 0 Å². The van der Waals surface area contributed by atoms with Crippen LogP contribution in [0.5, 0.6) is 0 Å². The Bertz CT molecular complexity index is 407. The predicted molar refractivity (Wildman–Crippen MR) is 60.5 cm³/mol. The second kappa shape index (κ2) is 4.44. The maximum Gasteiger partial charge on any atom is 0.322 e. The summed E-state index contributed by atoms with van der Waals surface area (Å²) in [5.41, 5.74) is 0. The van der Waals surface area contributed by atoms with Gasteiger partial charge in [-0.2, -0.15) is 0 Å². The first kappa shape index (κ1) is 10.7. The molecule has 1 aliphatic heterocycles. The van der Waals surface area contributed by atoms with Crippen molar-refractivity contribution in [3.63, 3.8) is 0 Å². The topological polar surface area (TPSA) is 80.1 Å². The van der Waals surface area contributed by atoms with Crippen LogP contribution in [0.4, 0.5) is 6.01 Å². The van der Waals surface area contributed by atoms with E-state index in [1.165, 1.54) is 0 Å². The summed E-state index contributed by atoms with van der Waals surface area (Å²) in [4.78, 5) is 11.9. The van der Waals surface area contributed by atoms with Crippen LogP contribution >= 0.6 is 0 Å². The predicted octanol–water partition coefficient (Wildman–Crippen LogP) is 0.885. The van der Waals surface area contributed by atoms with Crippen LogP contribution in [0.1, 0.15) is 37.5 Å². The fraction of sp³-hybridized carbons (Fsp3) is 0.727. The molecule has 0 spiro atoms. The highest BCUT2D eigenvalue weighted by Crippen LogP contribution is 2.39. The summed E-state index contributed by atoms with van der Waals surface area (Å²) in [7, 11) is 0. The Kier molecular flexibility index (Phi) is 2.80. The minimum Gasteiger partial charge on any atom is -0.408 e. The zero-order valence-corrected chi connectivity index (χ0v) is 9.61. The average Bonchev–Trinajstić information content (AvgIpc) is 3.12. The molecule has 1 saturated heterocycles. The molecule has 2 aliphatic rings. The van der Waals surface area contributed by atoms with E-state index < -0.39 is 0 Å². The molecule has 1 amide bonds. The van der Waals surface area contributed by atoms with Crippen LogP contribution in [0.3, 0.4) is 0 Å². The molecule has 1 aromatic heterocycles. The van der Waals surface area contributed by atoms with Gasteiger partial charge in [0, 0.05) is 12.5 Å². The number of aromatic nitrogens is 2. The molecule has 92 valence electrons. The largest absolute Gasteiger partial charge is 0.408 e. The number of nitrogens with zero attached hydrogens (tertiary/aromatic N) is 2. The van der Waals surface area contributed by atoms with Crippen LogP contribution in [0.25, 0.3) is 0 Å². The van der Waals surface area contributed by atoms with Crippen molar-refractivity contribution >= 4 is 11.9 Å². The monoisotopic (exact) mass is 236 g/mol. The van der Waals surface area contributed by atoms with Gasteiger partial charge in [-0.1, -0.05) is 5.10 Å². The summed E-state index contributed by atoms with van der Waals surface area (Å²) >= 11 is 0. The van der Waals surface area contributed by atoms with E-state index in [9.17, 15) is 4.79 Å². The maximum absolute atomic E-state index is 11.9. The number of anilines is 1. The van der Waals surface area contributed by atoms with E-state index in [-0.39, 0.29) is 17.8 Å². The van der Waals surface area contributed by atoms with E-state index in [1.54, 1.807) is 0 Å². The molecule has 0 aromatic carbocycles. The molecule has 0 bridgehead atoms. The van der Waals surface area contributed by atoms with Gasteiger partial charge in [0.2, 0.25) is 11.8 Å². The van der Waals surface area contributed by atoms with E-state index in [4.69, 9.17) is 4.42 Å². The van der Waals surface area contributed by atoms with Crippen LogP contribution in [0.2, 0.25) is 0 Å². The lowest BCUT2D eigenvalue weighted by atomic mass is 9.99. The Labute approximate surface area is 99.2 Å². The lowest BCUT2D eigenvalue weighted by Crippen LogP contribution is -2.37. The number of hydrogen-bond donors (Lipinski definition) is 2. The summed E-state index contributed by atoms with van der Waals surface area (Å²) in [6.07, 6.45) is 4.18. The van der Waals surface area contributed by atoms with Crippen molar-refractivity contribution in [2.75, 3.05) is 18.4 Å². The van der Waals surface area contributed by atoms with Crippen molar-refractivity contribution in [3.8, 4) is 0 Å². The van der Waals surface area contributed by atoms with Crippen molar-refractivity contribution in [1.29, 1.82) is 0 Å². The quantitative estimate of drug-likeness (QED) is 0.814. The van der Waals surface area contributed by atoms with Gasteiger partial charge in [-0.3, -0.25) is 10.1 Å². The number of nitrogens with one attached hydrogen (secondary N) is 2. The lowest BCUT2D eigenvalue weighted by Gasteiger charge is -2.20. The van der Waals surface area contributed by atoms with Gasteiger partial charge in [-0.05, 0) is 32.2 Å². The summed E-state index contributed by atoms with van der Waals surface area (Å²) in [5.74, 6) is 1.06. The highest BCUT2D eigenvalue weighted by atomic mass is 16.4. The smallest absolute Gasteiger partial charge is 0.322 e. The normalized spacial score (nSPS) is 24.6. The van der Waals surface area contributed by atoms with Gasteiger partial charge >= 0.3 is 6.01 Å². The van der Waals surface area contributed by atoms with Gasteiger partial charge in [0.15, 0.2) is 0 Å². The third-order valence-corrected chi connectivity index (χ3v) is 3.27. The number of amides is 1. The summed E-state index contributed by atoms with van der Waals surface area (Å²) in [5, 5.41) is 13.7. The molecule has 17 heavy (non-hydrogen) atoms. The second-order valence-corrected chi connectivity index (χ2v) is 4.75. The van der Waals surface area contributed by atoms with Crippen LogP contribution < -0.4 is 10.6 Å². The third-order valence-electron chi connectivity index (χ3n) is 3.27. The summed E-state index contributed by atoms with van der Waals surface area (Å²) in [6.45, 7) is 1.73. The highest BCUT2D eigenvalue weighted by Gasteiger charge is 2.30. The minimum atomic E-state index is -0.0248. The Hall–Kier alpha value is -1.43. The lowest BCUT2D eigenvalue weighted by molar-refractivity contribution is -0.120. The summed E-state index contributed by atoms with van der Waals surface area (Å²) in [6, 6.07) is 0.238. The number of carbonyl (C=O) groups is 1. The Morgan fingerprint density at radius 2 is 2.24 bits per heavy atom. The second-order valence-electron chi connectivity index (χ2n) is 4.75. The van der Waals surface area contributed by atoms with E-state index >= 15 is 0 Å². The van der Waals surface area contributed by atoms with Crippen LogP contribution in [0, 0.1) is 5.92 Å². The Morgan fingerprint density at radius 1 is 1.35 bits per heavy atom. The molecule has 6 nitrogen and oxygen atoms in total. The number of hydrogen-bond acceptors (Lipinski definition) is 5. The molecule has 0 unspecified atom stereocenters. The van der Waals surface area contributed by atoms with E-state index in [2.05, 4.69) is 20.8 Å². The van der Waals surface area contributed by atoms with Crippen molar-refractivity contribution < 1.29 is 9.21 Å². The average molecular weight is 236 g/mol. The highest BCUT2D eigenvalue weighted by molar-refractivity contribution is 5.90. The fourth-order valence-electron chi connectivity index (χ4n) is 2.06. The first-order chi connectivity index (χ1) is 8.33. The molecular weight excluding hydrogens is 220 g/mol. The van der Waals surface area contributed by atoms with Crippen LogP contribution in [-0.2, 0) is 4.79 Å². The van der Waals surface area contributed by atoms with E-state index in [0.29, 0.717) is 11.8 Å². The van der Waals surface area contributed by atoms with Gasteiger partial charge in [0.1, 0.15) is 0 Å². The molecule has 1 aromatic rings. The molecule has 2 heterocycles. The molecule has 6 heteroatoms. The van der Waals surface area contributed by atoms with Gasteiger partial charge in [0.25, 0.3) is 0 Å². The minimum absolute atomic E-state index is 0.0139. The van der Waals surface area contributed by atoms with Crippen LogP contribution in [-0.4, -0.2) is 29.2 Å². The Balaban J connectivity index is 1.58. The van der Waals surface area contributed by atoms with Crippen molar-refractivity contribution in [2.45, 2.75) is 31.6 Å². The van der Waals surface area contributed by atoms with Gasteiger partial charge in [-0.15, -0.1) is 5.10 Å². The molecule has 2 N–H and O–H groups in total. The molecule has 1 saturated carbocycles. The Morgan fingerprint density at radius 3 is 2.94 bits per heavy atom. The first-order valence-electron chi connectivity index (χ1n) is 6.18. The first-order valence-corrected chi connectivity index (χ1v) is 6.18. The standard InChI is InChI=1S/C11H16N4O2/c16-9(8-2-1-5-12-6-8)13-11-15-14-10(17-11)7-3-4-7/h7-8,12H,1-6H2,(H,13,15,16)/t8-/m1/s1. The number of carbonyl (C=O) groups excluding carboxylic acids is 1. The molecular formula is C11H16N4O2. The van der Waals surface area contributed by atoms with Gasteiger partial charge < -0.3 is 9.73 Å². The molecule has 2 fully saturated rings. The van der Waals surface area contributed by atoms with Crippen molar-refractivity contribution in [2.24, 2.45) is 5.92 Å². The molecule has 1 aliphatic carbocycles. The van der Waals surface area contributed by atoms with Crippen molar-refractivity contribution in [3.05, 3.63) is 5.89 Å². The molecule has 3 rings (SSSR count). The fourth-order valence-corrected chi connectivity index (χ4v) is 2.06. The number of rotatable bonds is 3. The number of piperidine rings is 1. The third kappa shape index (κ3) is 2.46. The van der Waals surface area contributed by atoms with Crippen LogP contribution in [0.15, 0.2) is 4.42 Å². The zero-order chi connectivity index (χ0) is 11.7. The van der Waals surface area contributed by atoms with Gasteiger partial charge in [0.05, 0.1) is 5.92 Å².